The first-order valence-electron chi connectivity index (χ1n) is 4.72. The van der Waals surface area contributed by atoms with Gasteiger partial charge in [-0.25, -0.2) is 0 Å². The van der Waals surface area contributed by atoms with Crippen LogP contribution >= 0.6 is 0 Å². The molecule has 0 aromatic carbocycles. The Morgan fingerprint density at radius 1 is 1.50 bits per heavy atom. The van der Waals surface area contributed by atoms with E-state index in [1.807, 2.05) is 0 Å². The van der Waals surface area contributed by atoms with Gasteiger partial charge in [0.15, 0.2) is 0 Å². The van der Waals surface area contributed by atoms with Crippen molar-refractivity contribution in [2.24, 2.45) is 17.1 Å². The number of aliphatic hydroxyl groups is 2. The molecule has 2 saturated carbocycles. The van der Waals surface area contributed by atoms with Gasteiger partial charge in [0.05, 0.1) is 12.7 Å². The highest BCUT2D eigenvalue weighted by Crippen LogP contribution is 2.50. The number of fused-ring (bicyclic) bond motifs is 2. The van der Waals surface area contributed by atoms with Crippen LogP contribution in [0.2, 0.25) is 0 Å². The molecule has 3 heteroatoms. The van der Waals surface area contributed by atoms with Crippen LogP contribution in [-0.4, -0.2) is 29.0 Å². The second kappa shape index (κ2) is 2.69. The molecule has 2 aliphatic rings. The standard InChI is InChI=1S/C9H17NO2/c10-7-3-6-1-2-9(4-7,5-11)8(6)12/h6-8,11-12H,1-5,10H2. The topological polar surface area (TPSA) is 66.5 Å². The molecule has 4 atom stereocenters. The maximum absolute atomic E-state index is 9.86. The monoisotopic (exact) mass is 171 g/mol. The molecular formula is C9H17NO2. The van der Waals surface area contributed by atoms with E-state index >= 15 is 0 Å². The average Bonchev–Trinajstić information content (AvgIpc) is 2.29. The first-order valence-corrected chi connectivity index (χ1v) is 4.72. The van der Waals surface area contributed by atoms with Crippen LogP contribution < -0.4 is 5.73 Å². The minimum Gasteiger partial charge on any atom is -0.396 e. The summed E-state index contributed by atoms with van der Waals surface area (Å²) in [7, 11) is 0. The number of aliphatic hydroxyl groups excluding tert-OH is 2. The van der Waals surface area contributed by atoms with Crippen LogP contribution in [0, 0.1) is 11.3 Å². The van der Waals surface area contributed by atoms with Crippen LogP contribution in [-0.2, 0) is 0 Å². The first-order chi connectivity index (χ1) is 5.68. The molecule has 0 aromatic heterocycles. The first kappa shape index (κ1) is 8.48. The Balaban J connectivity index is 2.21. The highest BCUT2D eigenvalue weighted by molar-refractivity contribution is 5.03. The maximum atomic E-state index is 9.86. The van der Waals surface area contributed by atoms with Crippen LogP contribution in [0.5, 0.6) is 0 Å². The molecule has 2 aliphatic carbocycles. The van der Waals surface area contributed by atoms with E-state index in [-0.39, 0.29) is 24.2 Å². The third kappa shape index (κ3) is 1.00. The predicted octanol–water partition coefficient (Wildman–Crippen LogP) is -0.143. The summed E-state index contributed by atoms with van der Waals surface area (Å²) < 4.78 is 0. The van der Waals surface area contributed by atoms with Crippen molar-refractivity contribution in [3.63, 3.8) is 0 Å². The molecule has 4 unspecified atom stereocenters. The van der Waals surface area contributed by atoms with E-state index in [0.717, 1.165) is 25.7 Å². The van der Waals surface area contributed by atoms with Crippen LogP contribution in [0.4, 0.5) is 0 Å². The summed E-state index contributed by atoms with van der Waals surface area (Å²) in [6, 6.07) is 0.188. The maximum Gasteiger partial charge on any atom is 0.0647 e. The van der Waals surface area contributed by atoms with Crippen molar-refractivity contribution >= 4 is 0 Å². The number of nitrogens with two attached hydrogens (primary N) is 1. The summed E-state index contributed by atoms with van der Waals surface area (Å²) >= 11 is 0. The van der Waals surface area contributed by atoms with E-state index in [1.165, 1.54) is 0 Å². The SMILES string of the molecule is NC1CC2CCC(CO)(C1)C2O. The summed E-state index contributed by atoms with van der Waals surface area (Å²) in [5.41, 5.74) is 5.61. The molecule has 0 heterocycles. The van der Waals surface area contributed by atoms with E-state index in [9.17, 15) is 10.2 Å². The zero-order valence-electron chi connectivity index (χ0n) is 7.24. The van der Waals surface area contributed by atoms with Gasteiger partial charge in [-0.3, -0.25) is 0 Å². The van der Waals surface area contributed by atoms with Crippen molar-refractivity contribution in [1.29, 1.82) is 0 Å². The average molecular weight is 171 g/mol. The lowest BCUT2D eigenvalue weighted by Gasteiger charge is -2.39. The van der Waals surface area contributed by atoms with Crippen LogP contribution in [0.3, 0.4) is 0 Å². The zero-order chi connectivity index (χ0) is 8.77. The Hall–Kier alpha value is -0.120. The summed E-state index contributed by atoms with van der Waals surface area (Å²) in [5, 5.41) is 19.1. The van der Waals surface area contributed by atoms with Gasteiger partial charge in [0.1, 0.15) is 0 Å². The second-order valence-corrected chi connectivity index (χ2v) is 4.46. The van der Waals surface area contributed by atoms with E-state index in [0.29, 0.717) is 5.92 Å². The van der Waals surface area contributed by atoms with Crippen LogP contribution in [0.25, 0.3) is 0 Å². The normalized spacial score (nSPS) is 52.8. The number of hydrogen-bond donors (Lipinski definition) is 3. The fourth-order valence-electron chi connectivity index (χ4n) is 2.98. The molecule has 0 radical (unpaired) electrons. The van der Waals surface area contributed by atoms with Gasteiger partial charge in [0, 0.05) is 11.5 Å². The van der Waals surface area contributed by atoms with Crippen molar-refractivity contribution in [1.82, 2.24) is 0 Å². The van der Waals surface area contributed by atoms with Gasteiger partial charge in [-0.1, -0.05) is 0 Å². The Bertz CT molecular complexity index is 185. The third-order valence-corrected chi connectivity index (χ3v) is 3.68. The van der Waals surface area contributed by atoms with E-state index < -0.39 is 0 Å². The number of hydrogen-bond acceptors (Lipinski definition) is 3. The Labute approximate surface area is 72.6 Å². The Kier molecular flexibility index (Phi) is 1.90. The smallest absolute Gasteiger partial charge is 0.0647 e. The molecule has 0 aliphatic heterocycles. The molecule has 2 fully saturated rings. The molecule has 12 heavy (non-hydrogen) atoms. The van der Waals surface area contributed by atoms with Gasteiger partial charge in [0.2, 0.25) is 0 Å². The second-order valence-electron chi connectivity index (χ2n) is 4.46. The lowest BCUT2D eigenvalue weighted by molar-refractivity contribution is -0.0462. The van der Waals surface area contributed by atoms with Crippen molar-refractivity contribution in [3.05, 3.63) is 0 Å². The van der Waals surface area contributed by atoms with E-state index in [1.54, 1.807) is 0 Å². The molecule has 0 saturated heterocycles. The quantitative estimate of drug-likeness (QED) is 0.514. The molecule has 0 spiro atoms. The van der Waals surface area contributed by atoms with Gasteiger partial charge in [-0.15, -0.1) is 0 Å². The van der Waals surface area contributed by atoms with E-state index in [2.05, 4.69) is 0 Å². The van der Waals surface area contributed by atoms with Crippen molar-refractivity contribution in [2.75, 3.05) is 6.61 Å². The zero-order valence-corrected chi connectivity index (χ0v) is 7.24. The molecule has 0 amide bonds. The minimum absolute atomic E-state index is 0.0956. The molecule has 4 N–H and O–H groups in total. The molecule has 2 bridgehead atoms. The highest BCUT2D eigenvalue weighted by Gasteiger charge is 2.51. The van der Waals surface area contributed by atoms with Gasteiger partial charge in [-0.2, -0.15) is 0 Å². The molecule has 2 rings (SSSR count). The fraction of sp³-hybridized carbons (Fsp3) is 1.00. The molecule has 70 valence electrons. The van der Waals surface area contributed by atoms with Crippen LogP contribution in [0.15, 0.2) is 0 Å². The predicted molar refractivity (Wildman–Crippen MR) is 45.5 cm³/mol. The van der Waals surface area contributed by atoms with Gasteiger partial charge in [-0.05, 0) is 31.6 Å². The lowest BCUT2D eigenvalue weighted by Crippen LogP contribution is -2.47. The molecular weight excluding hydrogens is 154 g/mol. The van der Waals surface area contributed by atoms with Gasteiger partial charge >= 0.3 is 0 Å². The lowest BCUT2D eigenvalue weighted by atomic mass is 9.72. The van der Waals surface area contributed by atoms with Crippen molar-refractivity contribution in [3.8, 4) is 0 Å². The summed E-state index contributed by atoms with van der Waals surface area (Å²) in [4.78, 5) is 0. The van der Waals surface area contributed by atoms with Gasteiger partial charge < -0.3 is 15.9 Å². The van der Waals surface area contributed by atoms with E-state index in [4.69, 9.17) is 5.73 Å². The van der Waals surface area contributed by atoms with Crippen molar-refractivity contribution < 1.29 is 10.2 Å². The summed E-state index contributed by atoms with van der Waals surface area (Å²) in [6.07, 6.45) is 3.41. The fourth-order valence-corrected chi connectivity index (χ4v) is 2.98. The molecule has 3 nitrogen and oxygen atoms in total. The van der Waals surface area contributed by atoms with Crippen LogP contribution in [0.1, 0.15) is 25.7 Å². The third-order valence-electron chi connectivity index (χ3n) is 3.68. The minimum atomic E-state index is -0.303. The highest BCUT2D eigenvalue weighted by atomic mass is 16.3. The summed E-state index contributed by atoms with van der Waals surface area (Å²) in [5.74, 6) is 0.348. The summed E-state index contributed by atoms with van der Waals surface area (Å²) in [6.45, 7) is 0.0956. The number of rotatable bonds is 1. The molecule has 0 aromatic rings. The Morgan fingerprint density at radius 3 is 2.92 bits per heavy atom. The van der Waals surface area contributed by atoms with Gasteiger partial charge in [0.25, 0.3) is 0 Å². The van der Waals surface area contributed by atoms with Crippen molar-refractivity contribution in [2.45, 2.75) is 37.8 Å². The Morgan fingerprint density at radius 2 is 2.25 bits per heavy atom. The largest absolute Gasteiger partial charge is 0.396 e.